The largest absolute Gasteiger partial charge is 0.494 e. The van der Waals surface area contributed by atoms with Crippen molar-refractivity contribution in [3.8, 4) is 11.4 Å². The minimum absolute atomic E-state index is 0.0433. The Morgan fingerprint density at radius 1 is 1.33 bits per heavy atom. The van der Waals surface area contributed by atoms with Gasteiger partial charge in [-0.2, -0.15) is 4.68 Å². The summed E-state index contributed by atoms with van der Waals surface area (Å²) in [6.45, 7) is 0. The molecule has 1 aliphatic rings. The van der Waals surface area contributed by atoms with Crippen molar-refractivity contribution >= 4 is 17.5 Å². The van der Waals surface area contributed by atoms with Gasteiger partial charge in [-0.3, -0.25) is 4.79 Å². The molecular formula is C14H16N4O2S. The fraction of sp³-hybridized carbons (Fsp3) is 0.429. The molecule has 0 radical (unpaired) electrons. The van der Waals surface area contributed by atoms with Crippen molar-refractivity contribution in [1.82, 2.24) is 20.2 Å². The number of para-hydroxylation sites is 2. The number of tetrazole rings is 1. The monoisotopic (exact) mass is 304 g/mol. The number of thioether (sulfide) groups is 1. The Kier molecular flexibility index (Phi) is 4.19. The number of aromatic nitrogens is 4. The third kappa shape index (κ3) is 2.92. The van der Waals surface area contributed by atoms with Gasteiger partial charge in [0.15, 0.2) is 0 Å². The van der Waals surface area contributed by atoms with Gasteiger partial charge in [-0.1, -0.05) is 30.3 Å². The van der Waals surface area contributed by atoms with E-state index in [-0.39, 0.29) is 5.25 Å². The van der Waals surface area contributed by atoms with Gasteiger partial charge in [-0.25, -0.2) is 0 Å². The van der Waals surface area contributed by atoms with E-state index in [2.05, 4.69) is 15.5 Å². The first-order valence-electron chi connectivity index (χ1n) is 6.90. The Balaban J connectivity index is 1.88. The number of rotatable bonds is 4. The number of ether oxygens (including phenoxy) is 1. The molecule has 7 heteroatoms. The van der Waals surface area contributed by atoms with Crippen LogP contribution in [0.15, 0.2) is 29.4 Å². The normalized spacial score (nSPS) is 18.7. The zero-order valence-electron chi connectivity index (χ0n) is 11.7. The van der Waals surface area contributed by atoms with Crippen LogP contribution in [0.1, 0.15) is 25.7 Å². The fourth-order valence-corrected chi connectivity index (χ4v) is 3.52. The lowest BCUT2D eigenvalue weighted by Crippen LogP contribution is -2.21. The maximum atomic E-state index is 12.0. The van der Waals surface area contributed by atoms with Gasteiger partial charge >= 0.3 is 0 Å². The average molecular weight is 304 g/mol. The van der Waals surface area contributed by atoms with Crippen molar-refractivity contribution in [3.63, 3.8) is 0 Å². The van der Waals surface area contributed by atoms with E-state index in [0.29, 0.717) is 23.1 Å². The molecule has 0 N–H and O–H groups in total. The number of hydrogen-bond donors (Lipinski definition) is 0. The number of carbonyl (C=O) groups is 1. The van der Waals surface area contributed by atoms with Crippen molar-refractivity contribution in [2.75, 3.05) is 7.11 Å². The van der Waals surface area contributed by atoms with Gasteiger partial charge in [0.05, 0.1) is 12.4 Å². The Labute approximate surface area is 126 Å². The molecule has 1 fully saturated rings. The zero-order chi connectivity index (χ0) is 14.7. The molecule has 0 bridgehead atoms. The second kappa shape index (κ2) is 6.26. The summed E-state index contributed by atoms with van der Waals surface area (Å²) in [7, 11) is 1.61. The first kappa shape index (κ1) is 14.1. The third-order valence-electron chi connectivity index (χ3n) is 3.50. The van der Waals surface area contributed by atoms with E-state index in [9.17, 15) is 4.79 Å². The Morgan fingerprint density at radius 2 is 2.19 bits per heavy atom. The highest BCUT2D eigenvalue weighted by Gasteiger charge is 2.26. The van der Waals surface area contributed by atoms with E-state index in [1.54, 1.807) is 11.8 Å². The molecule has 1 aliphatic carbocycles. The number of benzene rings is 1. The smallest absolute Gasteiger partial charge is 0.214 e. The molecule has 0 aliphatic heterocycles. The minimum Gasteiger partial charge on any atom is -0.494 e. The van der Waals surface area contributed by atoms with Crippen LogP contribution in [0.3, 0.4) is 0 Å². The van der Waals surface area contributed by atoms with Crippen LogP contribution in [-0.2, 0) is 4.79 Å². The van der Waals surface area contributed by atoms with Crippen LogP contribution < -0.4 is 4.74 Å². The van der Waals surface area contributed by atoms with E-state index in [1.165, 1.54) is 11.8 Å². The Bertz CT molecular complexity index is 643. The highest BCUT2D eigenvalue weighted by molar-refractivity contribution is 8.00. The topological polar surface area (TPSA) is 69.9 Å². The van der Waals surface area contributed by atoms with Crippen molar-refractivity contribution < 1.29 is 9.53 Å². The Hall–Kier alpha value is -1.89. The molecule has 6 nitrogen and oxygen atoms in total. The molecule has 1 aromatic heterocycles. The predicted octanol–water partition coefficient (Wildman–Crippen LogP) is 2.27. The molecule has 21 heavy (non-hydrogen) atoms. The van der Waals surface area contributed by atoms with Crippen molar-refractivity contribution in [2.24, 2.45) is 0 Å². The quantitative estimate of drug-likeness (QED) is 0.863. The summed E-state index contributed by atoms with van der Waals surface area (Å²) in [5.41, 5.74) is 0.774. The van der Waals surface area contributed by atoms with Crippen LogP contribution in [0, 0.1) is 0 Å². The van der Waals surface area contributed by atoms with Crippen LogP contribution in [0.5, 0.6) is 5.75 Å². The number of ketones is 1. The lowest BCUT2D eigenvalue weighted by atomic mass is 9.99. The van der Waals surface area contributed by atoms with Crippen molar-refractivity contribution in [2.45, 2.75) is 36.1 Å². The lowest BCUT2D eigenvalue weighted by Gasteiger charge is -2.19. The zero-order valence-corrected chi connectivity index (χ0v) is 12.5. The molecule has 1 heterocycles. The van der Waals surface area contributed by atoms with Crippen LogP contribution in [0.2, 0.25) is 0 Å². The van der Waals surface area contributed by atoms with Crippen LogP contribution in [0.25, 0.3) is 5.69 Å². The van der Waals surface area contributed by atoms with Gasteiger partial charge in [-0.05, 0) is 35.4 Å². The SMILES string of the molecule is COc1ccccc1-n1nnnc1SC1CCCCC1=O. The summed E-state index contributed by atoms with van der Waals surface area (Å²) >= 11 is 1.44. The first-order valence-corrected chi connectivity index (χ1v) is 7.78. The summed E-state index contributed by atoms with van der Waals surface area (Å²) in [5, 5.41) is 12.4. The van der Waals surface area contributed by atoms with E-state index in [4.69, 9.17) is 4.74 Å². The Morgan fingerprint density at radius 3 is 3.00 bits per heavy atom. The molecule has 3 rings (SSSR count). The summed E-state index contributed by atoms with van der Waals surface area (Å²) in [5.74, 6) is 0.988. The highest BCUT2D eigenvalue weighted by Crippen LogP contribution is 2.32. The molecule has 2 aromatic rings. The van der Waals surface area contributed by atoms with Gasteiger partial charge in [0.25, 0.3) is 0 Å². The number of Topliss-reactive ketones (excluding diaryl/α,β-unsaturated/α-hetero) is 1. The van der Waals surface area contributed by atoms with E-state index in [0.717, 1.165) is 24.9 Å². The standard InChI is InChI=1S/C14H16N4O2S/c1-20-12-8-4-2-6-10(12)18-14(15-16-17-18)21-13-9-5-3-7-11(13)19/h2,4,6,8,13H,3,5,7,9H2,1H3. The summed E-state index contributed by atoms with van der Waals surface area (Å²) < 4.78 is 6.97. The van der Waals surface area contributed by atoms with Crippen molar-refractivity contribution in [3.05, 3.63) is 24.3 Å². The van der Waals surface area contributed by atoms with Crippen LogP contribution in [-0.4, -0.2) is 38.4 Å². The first-order chi connectivity index (χ1) is 10.3. The van der Waals surface area contributed by atoms with Gasteiger partial charge in [0, 0.05) is 6.42 Å². The molecule has 110 valence electrons. The molecule has 1 unspecified atom stereocenters. The minimum atomic E-state index is -0.0433. The molecule has 0 saturated heterocycles. The van der Waals surface area contributed by atoms with Gasteiger partial charge < -0.3 is 4.74 Å². The fourth-order valence-electron chi connectivity index (χ4n) is 2.41. The van der Waals surface area contributed by atoms with Gasteiger partial charge in [0.1, 0.15) is 17.2 Å². The number of carbonyl (C=O) groups excluding carboxylic acids is 1. The number of methoxy groups -OCH3 is 1. The van der Waals surface area contributed by atoms with Crippen molar-refractivity contribution in [1.29, 1.82) is 0 Å². The van der Waals surface area contributed by atoms with E-state index in [1.807, 2.05) is 24.3 Å². The highest BCUT2D eigenvalue weighted by atomic mass is 32.2. The summed E-state index contributed by atoms with van der Waals surface area (Å²) in [4.78, 5) is 12.0. The number of nitrogens with zero attached hydrogens (tertiary/aromatic N) is 4. The maximum absolute atomic E-state index is 12.0. The van der Waals surface area contributed by atoms with Crippen LogP contribution in [0.4, 0.5) is 0 Å². The predicted molar refractivity (Wildman–Crippen MR) is 78.8 cm³/mol. The lowest BCUT2D eigenvalue weighted by molar-refractivity contribution is -0.119. The summed E-state index contributed by atoms with van der Waals surface area (Å²) in [6.07, 6.45) is 3.63. The molecular weight excluding hydrogens is 288 g/mol. The van der Waals surface area contributed by atoms with Crippen LogP contribution >= 0.6 is 11.8 Å². The second-order valence-corrected chi connectivity index (χ2v) is 6.03. The summed E-state index contributed by atoms with van der Waals surface area (Å²) in [6, 6.07) is 7.54. The average Bonchev–Trinajstić information content (AvgIpc) is 2.97. The molecule has 1 saturated carbocycles. The maximum Gasteiger partial charge on any atom is 0.214 e. The molecule has 0 spiro atoms. The second-order valence-electron chi connectivity index (χ2n) is 4.86. The molecule has 1 atom stereocenters. The third-order valence-corrected chi connectivity index (χ3v) is 4.75. The van der Waals surface area contributed by atoms with Gasteiger partial charge in [0.2, 0.25) is 5.16 Å². The number of hydrogen-bond acceptors (Lipinski definition) is 6. The van der Waals surface area contributed by atoms with E-state index >= 15 is 0 Å². The molecule has 1 aromatic carbocycles. The van der Waals surface area contributed by atoms with Gasteiger partial charge in [-0.15, -0.1) is 5.10 Å². The van der Waals surface area contributed by atoms with E-state index < -0.39 is 0 Å². The molecule has 0 amide bonds.